The minimum absolute atomic E-state index is 0.0130. The first-order chi connectivity index (χ1) is 13.8. The van der Waals surface area contributed by atoms with E-state index >= 15 is 0 Å². The van der Waals surface area contributed by atoms with Crippen LogP contribution in [0, 0.1) is 17.0 Å². The maximum absolute atomic E-state index is 12.4. The van der Waals surface area contributed by atoms with Crippen LogP contribution in [0.5, 0.6) is 5.88 Å². The van der Waals surface area contributed by atoms with Crippen molar-refractivity contribution in [2.45, 2.75) is 44.6 Å². The number of para-hydroxylation sites is 1. The molecule has 1 aromatic heterocycles. The van der Waals surface area contributed by atoms with Crippen molar-refractivity contribution in [1.29, 1.82) is 0 Å². The maximum Gasteiger partial charge on any atom is 0.352 e. The Morgan fingerprint density at radius 2 is 2.17 bits per heavy atom. The summed E-state index contributed by atoms with van der Waals surface area (Å²) >= 11 is 0. The van der Waals surface area contributed by atoms with Crippen LogP contribution in [-0.2, 0) is 4.74 Å². The Bertz CT molecular complexity index is 946. The average Bonchev–Trinajstić information content (AvgIpc) is 3.08. The first kappa shape index (κ1) is 20.9. The number of rotatable bonds is 7. The van der Waals surface area contributed by atoms with E-state index in [4.69, 9.17) is 9.47 Å². The zero-order chi connectivity index (χ0) is 21.1. The van der Waals surface area contributed by atoms with Crippen molar-refractivity contribution < 1.29 is 24.6 Å². The van der Waals surface area contributed by atoms with Crippen LogP contribution in [0.4, 0.5) is 5.69 Å². The molecular weight excluding hydrogens is 382 g/mol. The summed E-state index contributed by atoms with van der Waals surface area (Å²) in [5.74, 6) is -0.159. The molecule has 2 N–H and O–H groups in total. The van der Waals surface area contributed by atoms with E-state index < -0.39 is 29.0 Å². The molecule has 4 atom stereocenters. The molecule has 1 unspecified atom stereocenters. The number of aromatic nitrogens is 2. The lowest BCUT2D eigenvalue weighted by Crippen LogP contribution is -2.28. The zero-order valence-corrected chi connectivity index (χ0v) is 16.1. The number of nitro benzene ring substituents is 1. The van der Waals surface area contributed by atoms with Crippen molar-refractivity contribution in [3.63, 3.8) is 0 Å². The van der Waals surface area contributed by atoms with Gasteiger partial charge < -0.3 is 19.7 Å². The second-order valence-corrected chi connectivity index (χ2v) is 7.06. The first-order valence-corrected chi connectivity index (χ1v) is 9.22. The van der Waals surface area contributed by atoms with Crippen molar-refractivity contribution in [1.82, 2.24) is 9.55 Å². The van der Waals surface area contributed by atoms with Crippen LogP contribution >= 0.6 is 0 Å². The molecule has 1 aliphatic heterocycles. The summed E-state index contributed by atoms with van der Waals surface area (Å²) in [6.07, 6.45) is -0.638. The van der Waals surface area contributed by atoms with Gasteiger partial charge in [0, 0.05) is 35.7 Å². The van der Waals surface area contributed by atoms with Crippen LogP contribution in [0.2, 0.25) is 0 Å². The molecule has 156 valence electrons. The second kappa shape index (κ2) is 8.68. The fraction of sp³-hybridized carbons (Fsp3) is 0.474. The van der Waals surface area contributed by atoms with Crippen LogP contribution in [-0.4, -0.2) is 50.1 Å². The van der Waals surface area contributed by atoms with Crippen LogP contribution < -0.4 is 10.4 Å². The molecule has 2 aromatic rings. The van der Waals surface area contributed by atoms with Crippen LogP contribution in [0.15, 0.2) is 35.3 Å². The molecule has 1 saturated heterocycles. The predicted octanol–water partition coefficient (Wildman–Crippen LogP) is 1.28. The van der Waals surface area contributed by atoms with Gasteiger partial charge in [-0.05, 0) is 6.92 Å². The number of aryl methyl sites for hydroxylation is 1. The van der Waals surface area contributed by atoms with E-state index in [9.17, 15) is 25.1 Å². The molecule has 0 amide bonds. The Kier molecular flexibility index (Phi) is 6.26. The summed E-state index contributed by atoms with van der Waals surface area (Å²) in [7, 11) is 0. The normalized spacial score (nSPS) is 22.4. The lowest BCUT2D eigenvalue weighted by Gasteiger charge is -2.17. The molecule has 0 aliphatic carbocycles. The van der Waals surface area contributed by atoms with E-state index in [0.29, 0.717) is 11.1 Å². The third-order valence-electron chi connectivity index (χ3n) is 4.92. The van der Waals surface area contributed by atoms with Gasteiger partial charge in [-0.3, -0.25) is 14.7 Å². The Hall–Kier alpha value is -2.82. The minimum Gasteiger partial charge on any atom is -0.477 e. The fourth-order valence-corrected chi connectivity index (χ4v) is 3.32. The summed E-state index contributed by atoms with van der Waals surface area (Å²) in [4.78, 5) is 27.1. The molecule has 3 rings (SSSR count). The number of benzene rings is 1. The lowest BCUT2D eigenvalue weighted by atomic mass is 10.0. The van der Waals surface area contributed by atoms with E-state index in [1.807, 2.05) is 0 Å². The third-order valence-corrected chi connectivity index (χ3v) is 4.92. The average molecular weight is 405 g/mol. The van der Waals surface area contributed by atoms with Gasteiger partial charge in [0.25, 0.3) is 5.69 Å². The number of aliphatic hydroxyl groups excluding tert-OH is 2. The van der Waals surface area contributed by atoms with Crippen molar-refractivity contribution in [3.8, 4) is 5.88 Å². The highest BCUT2D eigenvalue weighted by molar-refractivity contribution is 5.42. The molecular formula is C19H23N3O7. The van der Waals surface area contributed by atoms with Gasteiger partial charge in [-0.2, -0.15) is 4.98 Å². The third kappa shape index (κ3) is 4.44. The molecule has 0 spiro atoms. The van der Waals surface area contributed by atoms with Gasteiger partial charge in [0.15, 0.2) is 0 Å². The minimum atomic E-state index is -0.865. The number of nitro groups is 1. The Labute approximate surface area is 166 Å². The quantitative estimate of drug-likeness (QED) is 0.519. The van der Waals surface area contributed by atoms with Gasteiger partial charge in [-0.15, -0.1) is 0 Å². The van der Waals surface area contributed by atoms with E-state index in [1.54, 1.807) is 32.0 Å². The van der Waals surface area contributed by atoms with Crippen LogP contribution in [0.1, 0.15) is 36.6 Å². The Balaban J connectivity index is 1.74. The van der Waals surface area contributed by atoms with E-state index in [0.717, 1.165) is 0 Å². The summed E-state index contributed by atoms with van der Waals surface area (Å²) in [6.45, 7) is 3.27. The molecule has 1 fully saturated rings. The van der Waals surface area contributed by atoms with Crippen LogP contribution in [0.25, 0.3) is 0 Å². The van der Waals surface area contributed by atoms with Gasteiger partial charge in [0.1, 0.15) is 12.3 Å². The number of hydrogen-bond donors (Lipinski definition) is 2. The SMILES string of the molecule is Cc1cn([C@H]2C[C@H](O)[C@@H](CO)O2)c(=O)nc1OCC(C)c1ccccc1[N+](=O)[O-]. The summed E-state index contributed by atoms with van der Waals surface area (Å²) in [5, 5.41) is 30.2. The number of nitrogens with zero attached hydrogens (tertiary/aromatic N) is 3. The molecule has 1 aromatic carbocycles. The Morgan fingerprint density at radius 1 is 1.45 bits per heavy atom. The molecule has 0 bridgehead atoms. The van der Waals surface area contributed by atoms with Gasteiger partial charge >= 0.3 is 5.69 Å². The highest BCUT2D eigenvalue weighted by atomic mass is 16.6. The smallest absolute Gasteiger partial charge is 0.352 e. The van der Waals surface area contributed by atoms with Crippen LogP contribution in [0.3, 0.4) is 0 Å². The van der Waals surface area contributed by atoms with E-state index in [2.05, 4.69) is 4.98 Å². The first-order valence-electron chi connectivity index (χ1n) is 9.22. The van der Waals surface area contributed by atoms with Gasteiger partial charge in [-0.25, -0.2) is 4.79 Å². The molecule has 29 heavy (non-hydrogen) atoms. The monoisotopic (exact) mass is 405 g/mol. The highest BCUT2D eigenvalue weighted by Gasteiger charge is 2.35. The van der Waals surface area contributed by atoms with E-state index in [-0.39, 0.29) is 37.1 Å². The molecule has 1 aliphatic rings. The van der Waals surface area contributed by atoms with Crippen molar-refractivity contribution in [2.24, 2.45) is 0 Å². The molecule has 0 saturated carbocycles. The second-order valence-electron chi connectivity index (χ2n) is 7.06. The van der Waals surface area contributed by atoms with Crippen molar-refractivity contribution in [3.05, 3.63) is 62.2 Å². The summed E-state index contributed by atoms with van der Waals surface area (Å²) in [5.41, 5.74) is 0.510. The zero-order valence-electron chi connectivity index (χ0n) is 16.1. The predicted molar refractivity (Wildman–Crippen MR) is 102 cm³/mol. The summed E-state index contributed by atoms with van der Waals surface area (Å²) < 4.78 is 12.4. The number of hydrogen-bond acceptors (Lipinski definition) is 8. The van der Waals surface area contributed by atoms with Crippen molar-refractivity contribution >= 4 is 5.69 Å². The molecule has 10 nitrogen and oxygen atoms in total. The molecule has 2 heterocycles. The highest BCUT2D eigenvalue weighted by Crippen LogP contribution is 2.29. The topological polar surface area (TPSA) is 137 Å². The number of aliphatic hydroxyl groups is 2. The van der Waals surface area contributed by atoms with Gasteiger partial charge in [-0.1, -0.05) is 25.1 Å². The van der Waals surface area contributed by atoms with Gasteiger partial charge in [0.2, 0.25) is 5.88 Å². The molecule has 0 radical (unpaired) electrons. The standard InChI is InChI=1S/C19H23N3O7/c1-11-8-21(17-7-15(24)16(9-23)29-17)19(25)20-18(11)28-10-12(2)13-5-3-4-6-14(13)22(26)27/h3-6,8,12,15-17,23-24H,7,9-10H2,1-2H3/t12?,15-,16+,17+/m0/s1. The van der Waals surface area contributed by atoms with Gasteiger partial charge in [0.05, 0.1) is 24.2 Å². The molecule has 10 heteroatoms. The maximum atomic E-state index is 12.4. The summed E-state index contributed by atoms with van der Waals surface area (Å²) in [6, 6.07) is 6.43. The number of ether oxygens (including phenoxy) is 2. The fourth-order valence-electron chi connectivity index (χ4n) is 3.32. The van der Waals surface area contributed by atoms with Crippen molar-refractivity contribution in [2.75, 3.05) is 13.2 Å². The lowest BCUT2D eigenvalue weighted by molar-refractivity contribution is -0.385. The Morgan fingerprint density at radius 3 is 2.83 bits per heavy atom. The largest absolute Gasteiger partial charge is 0.477 e. The van der Waals surface area contributed by atoms with E-state index in [1.165, 1.54) is 16.8 Å².